The molecule has 1 unspecified atom stereocenters. The number of imidazole rings is 1. The minimum atomic E-state index is -5.31. The highest BCUT2D eigenvalue weighted by atomic mass is 32.2. The zero-order valence-corrected chi connectivity index (χ0v) is 11.7. The molecule has 0 amide bonds. The van der Waals surface area contributed by atoms with Crippen molar-refractivity contribution in [3.63, 3.8) is 0 Å². The highest BCUT2D eigenvalue weighted by molar-refractivity contribution is 7.92. The van der Waals surface area contributed by atoms with Crippen molar-refractivity contribution in [2.75, 3.05) is 5.32 Å². The summed E-state index contributed by atoms with van der Waals surface area (Å²) >= 11 is 0. The van der Waals surface area contributed by atoms with E-state index >= 15 is 0 Å². The second-order valence-electron chi connectivity index (χ2n) is 4.31. The van der Waals surface area contributed by atoms with Crippen molar-refractivity contribution >= 4 is 15.5 Å². The van der Waals surface area contributed by atoms with E-state index in [4.69, 9.17) is 0 Å². The topological polar surface area (TPSA) is 74.8 Å². The Labute approximate surface area is 119 Å². The van der Waals surface area contributed by atoms with E-state index < -0.39 is 20.2 Å². The molecule has 0 saturated carbocycles. The van der Waals surface area contributed by atoms with Crippen LogP contribution in [0.5, 0.6) is 0 Å². The fourth-order valence-electron chi connectivity index (χ4n) is 1.70. The molecule has 0 aliphatic heterocycles. The Morgan fingerprint density at radius 3 is 2.33 bits per heavy atom. The van der Waals surface area contributed by atoms with E-state index in [1.807, 2.05) is 0 Å². The van der Waals surface area contributed by atoms with Gasteiger partial charge in [0, 0.05) is 18.1 Å². The van der Waals surface area contributed by atoms with Gasteiger partial charge in [0.25, 0.3) is 9.84 Å². The van der Waals surface area contributed by atoms with Crippen LogP contribution >= 0.6 is 0 Å². The van der Waals surface area contributed by atoms with Crippen LogP contribution in [0.15, 0.2) is 41.6 Å². The molecular formula is C12H12F3N3O2S. The highest BCUT2D eigenvalue weighted by Crippen LogP contribution is 2.31. The van der Waals surface area contributed by atoms with Gasteiger partial charge < -0.3 is 10.3 Å². The van der Waals surface area contributed by atoms with Crippen LogP contribution in [0.25, 0.3) is 0 Å². The van der Waals surface area contributed by atoms with Gasteiger partial charge in [0.05, 0.1) is 10.9 Å². The van der Waals surface area contributed by atoms with E-state index in [9.17, 15) is 21.6 Å². The average Bonchev–Trinajstić information content (AvgIpc) is 2.92. The number of nitrogens with zero attached hydrogens (tertiary/aromatic N) is 1. The van der Waals surface area contributed by atoms with E-state index in [0.717, 1.165) is 12.1 Å². The molecule has 0 aliphatic rings. The van der Waals surface area contributed by atoms with Crippen LogP contribution in [0, 0.1) is 0 Å². The van der Waals surface area contributed by atoms with Crippen molar-refractivity contribution in [2.45, 2.75) is 23.4 Å². The Bertz CT molecular complexity index is 694. The fourth-order valence-corrected chi connectivity index (χ4v) is 2.46. The lowest BCUT2D eigenvalue weighted by Crippen LogP contribution is -2.23. The zero-order valence-electron chi connectivity index (χ0n) is 10.8. The van der Waals surface area contributed by atoms with E-state index in [1.165, 1.54) is 12.1 Å². The Hall–Kier alpha value is -2.03. The molecule has 0 fully saturated rings. The summed E-state index contributed by atoms with van der Waals surface area (Å²) in [7, 11) is -5.31. The van der Waals surface area contributed by atoms with Gasteiger partial charge in [-0.15, -0.1) is 0 Å². The van der Waals surface area contributed by atoms with E-state index in [0.29, 0.717) is 11.5 Å². The number of aromatic amines is 1. The maximum absolute atomic E-state index is 12.4. The molecule has 1 atom stereocenters. The molecule has 2 rings (SSSR count). The number of benzene rings is 1. The van der Waals surface area contributed by atoms with Crippen LogP contribution in [0.3, 0.4) is 0 Å². The monoisotopic (exact) mass is 319 g/mol. The Morgan fingerprint density at radius 1 is 1.24 bits per heavy atom. The first-order chi connectivity index (χ1) is 9.72. The lowest BCUT2D eigenvalue weighted by atomic mass is 10.2. The molecule has 9 heteroatoms. The number of sulfone groups is 1. The van der Waals surface area contributed by atoms with Gasteiger partial charge in [0.15, 0.2) is 0 Å². The van der Waals surface area contributed by atoms with Crippen molar-refractivity contribution in [1.82, 2.24) is 9.97 Å². The molecule has 0 spiro atoms. The van der Waals surface area contributed by atoms with Crippen molar-refractivity contribution in [3.05, 3.63) is 42.5 Å². The molecule has 21 heavy (non-hydrogen) atoms. The Balaban J connectivity index is 2.17. The summed E-state index contributed by atoms with van der Waals surface area (Å²) in [6.45, 7) is 1.80. The van der Waals surface area contributed by atoms with Crippen molar-refractivity contribution < 1.29 is 21.6 Å². The number of alkyl halides is 3. The van der Waals surface area contributed by atoms with E-state index in [1.54, 1.807) is 19.3 Å². The van der Waals surface area contributed by atoms with E-state index in [-0.39, 0.29) is 6.04 Å². The number of anilines is 1. The summed E-state index contributed by atoms with van der Waals surface area (Å²) in [5.74, 6) is 0.655. The lowest BCUT2D eigenvalue weighted by molar-refractivity contribution is -0.0436. The van der Waals surface area contributed by atoms with Crippen LogP contribution < -0.4 is 5.32 Å². The van der Waals surface area contributed by atoms with Crippen LogP contribution in [0.1, 0.15) is 18.8 Å². The predicted octanol–water partition coefficient (Wildman–Crippen LogP) is 2.88. The molecule has 1 aromatic carbocycles. The SMILES string of the molecule is CC(Nc1ccc(S(=O)(=O)C(F)(F)F)cc1)c1ncc[nH]1. The Morgan fingerprint density at radius 2 is 1.86 bits per heavy atom. The lowest BCUT2D eigenvalue weighted by Gasteiger charge is -2.14. The van der Waals surface area contributed by atoms with Crippen LogP contribution in [-0.2, 0) is 9.84 Å². The molecule has 1 heterocycles. The minimum Gasteiger partial charge on any atom is -0.375 e. The summed E-state index contributed by atoms with van der Waals surface area (Å²) in [4.78, 5) is 6.15. The third-order valence-corrected chi connectivity index (χ3v) is 4.28. The second-order valence-corrected chi connectivity index (χ2v) is 6.26. The first kappa shape index (κ1) is 15.4. The quantitative estimate of drug-likeness (QED) is 0.908. The van der Waals surface area contributed by atoms with Crippen LogP contribution in [0.4, 0.5) is 18.9 Å². The normalized spacial score (nSPS) is 13.9. The van der Waals surface area contributed by atoms with Gasteiger partial charge in [-0.05, 0) is 31.2 Å². The zero-order chi connectivity index (χ0) is 15.7. The van der Waals surface area contributed by atoms with Crippen LogP contribution in [-0.4, -0.2) is 23.9 Å². The number of nitrogens with one attached hydrogen (secondary N) is 2. The third kappa shape index (κ3) is 3.18. The summed E-state index contributed by atoms with van der Waals surface area (Å²) in [6, 6.07) is 4.18. The number of halogens is 3. The van der Waals surface area contributed by atoms with Gasteiger partial charge in [0.1, 0.15) is 5.82 Å². The third-order valence-electron chi connectivity index (χ3n) is 2.78. The number of H-pyrrole nitrogens is 1. The fraction of sp³-hybridized carbons (Fsp3) is 0.250. The maximum Gasteiger partial charge on any atom is 0.501 e. The number of hydrogen-bond acceptors (Lipinski definition) is 4. The molecule has 0 bridgehead atoms. The van der Waals surface area contributed by atoms with Gasteiger partial charge in [-0.25, -0.2) is 13.4 Å². The molecular weight excluding hydrogens is 307 g/mol. The summed E-state index contributed by atoms with van der Waals surface area (Å²) in [6.07, 6.45) is 3.22. The molecule has 0 aliphatic carbocycles. The smallest absolute Gasteiger partial charge is 0.375 e. The van der Waals surface area contributed by atoms with Crippen molar-refractivity contribution in [3.8, 4) is 0 Å². The molecule has 0 radical (unpaired) electrons. The summed E-state index contributed by atoms with van der Waals surface area (Å²) < 4.78 is 59.6. The largest absolute Gasteiger partial charge is 0.501 e. The molecule has 2 aromatic rings. The number of hydrogen-bond donors (Lipinski definition) is 2. The molecule has 1 aromatic heterocycles. The van der Waals surface area contributed by atoms with Crippen molar-refractivity contribution in [1.29, 1.82) is 0 Å². The molecule has 5 nitrogen and oxygen atoms in total. The van der Waals surface area contributed by atoms with Gasteiger partial charge in [-0.1, -0.05) is 0 Å². The summed E-state index contributed by atoms with van der Waals surface area (Å²) in [5, 5.41) is 2.99. The van der Waals surface area contributed by atoms with Gasteiger partial charge >= 0.3 is 5.51 Å². The standard InChI is InChI=1S/C12H12F3N3O2S/c1-8(11-16-6-7-17-11)18-9-2-4-10(5-3-9)21(19,20)12(13,14)15/h2-8,18H,1H3,(H,16,17). The molecule has 0 saturated heterocycles. The van der Waals surface area contributed by atoms with Gasteiger partial charge in [-0.3, -0.25) is 0 Å². The maximum atomic E-state index is 12.4. The summed E-state index contributed by atoms with van der Waals surface area (Å²) in [5.41, 5.74) is -4.82. The number of rotatable bonds is 4. The highest BCUT2D eigenvalue weighted by Gasteiger charge is 2.46. The number of aromatic nitrogens is 2. The van der Waals surface area contributed by atoms with Crippen molar-refractivity contribution in [2.24, 2.45) is 0 Å². The first-order valence-electron chi connectivity index (χ1n) is 5.89. The van der Waals surface area contributed by atoms with Gasteiger partial charge in [0.2, 0.25) is 0 Å². The van der Waals surface area contributed by atoms with Crippen LogP contribution in [0.2, 0.25) is 0 Å². The Kier molecular flexibility index (Phi) is 3.95. The first-order valence-corrected chi connectivity index (χ1v) is 7.37. The minimum absolute atomic E-state index is 0.204. The van der Waals surface area contributed by atoms with E-state index in [2.05, 4.69) is 15.3 Å². The average molecular weight is 319 g/mol. The van der Waals surface area contributed by atoms with Gasteiger partial charge in [-0.2, -0.15) is 13.2 Å². The molecule has 114 valence electrons. The second kappa shape index (κ2) is 5.40. The molecule has 2 N–H and O–H groups in total. The predicted molar refractivity (Wildman–Crippen MR) is 70.3 cm³/mol.